The number of hydrogen-bond acceptors (Lipinski definition) is 2. The van der Waals surface area contributed by atoms with Crippen molar-refractivity contribution in [2.75, 3.05) is 4.90 Å². The molecular weight excluding hydrogens is 270 g/mol. The van der Waals surface area contributed by atoms with Gasteiger partial charge >= 0.3 is 0 Å². The van der Waals surface area contributed by atoms with Gasteiger partial charge in [-0.05, 0) is 50.5 Å². The molecule has 4 rings (SSSR count). The van der Waals surface area contributed by atoms with Gasteiger partial charge < -0.3 is 9.30 Å². The van der Waals surface area contributed by atoms with Crippen molar-refractivity contribution >= 4 is 11.5 Å². The molecule has 3 heteroatoms. The maximum Gasteiger partial charge on any atom is 0.148 e. The Hall–Kier alpha value is -2.29. The normalized spacial score (nSPS) is 20.1. The van der Waals surface area contributed by atoms with Gasteiger partial charge in [0.15, 0.2) is 0 Å². The lowest BCUT2D eigenvalue weighted by molar-refractivity contribution is 0.397. The summed E-state index contributed by atoms with van der Waals surface area (Å²) in [4.78, 5) is 7.30. The summed E-state index contributed by atoms with van der Waals surface area (Å²) in [6.45, 7) is 6.89. The number of fused-ring (bicyclic) bond motifs is 2. The molecule has 1 aliphatic heterocycles. The summed E-state index contributed by atoms with van der Waals surface area (Å²) < 4.78 is 2.10. The summed E-state index contributed by atoms with van der Waals surface area (Å²) in [6.07, 6.45) is 5.26. The Morgan fingerprint density at radius 1 is 1.09 bits per heavy atom. The van der Waals surface area contributed by atoms with E-state index in [1.54, 1.807) is 0 Å². The van der Waals surface area contributed by atoms with Crippen LogP contribution in [0.15, 0.2) is 54.9 Å². The standard InChI is InChI=1S/C19H21N3/c1-14-12-15-8-4-5-9-16(15)19(2,3)22(14)18-13-21-11-7-6-10-17(21)20-18/h4-11,13-14H,12H2,1-3H3. The Labute approximate surface area is 131 Å². The van der Waals surface area contributed by atoms with Gasteiger partial charge in [0.1, 0.15) is 11.5 Å². The molecule has 3 aromatic rings. The highest BCUT2D eigenvalue weighted by molar-refractivity contribution is 5.56. The summed E-state index contributed by atoms with van der Waals surface area (Å²) in [6, 6.07) is 15.3. The number of aromatic nitrogens is 2. The quantitative estimate of drug-likeness (QED) is 0.675. The third-order valence-corrected chi connectivity index (χ3v) is 4.83. The van der Waals surface area contributed by atoms with E-state index < -0.39 is 0 Å². The van der Waals surface area contributed by atoms with E-state index >= 15 is 0 Å². The highest BCUT2D eigenvalue weighted by Crippen LogP contribution is 2.40. The summed E-state index contributed by atoms with van der Waals surface area (Å²) >= 11 is 0. The van der Waals surface area contributed by atoms with E-state index in [9.17, 15) is 0 Å². The molecule has 0 saturated heterocycles. The highest BCUT2D eigenvalue weighted by atomic mass is 15.3. The van der Waals surface area contributed by atoms with Gasteiger partial charge in [-0.3, -0.25) is 0 Å². The van der Waals surface area contributed by atoms with Gasteiger partial charge in [-0.2, -0.15) is 0 Å². The number of nitrogens with zero attached hydrogens (tertiary/aromatic N) is 3. The maximum absolute atomic E-state index is 4.84. The van der Waals surface area contributed by atoms with E-state index in [0.717, 1.165) is 17.9 Å². The summed E-state index contributed by atoms with van der Waals surface area (Å²) in [5.74, 6) is 1.05. The molecule has 2 aromatic heterocycles. The molecule has 0 bridgehead atoms. The van der Waals surface area contributed by atoms with Crippen LogP contribution in [0.3, 0.4) is 0 Å². The first kappa shape index (κ1) is 13.4. The molecule has 1 aliphatic rings. The van der Waals surface area contributed by atoms with E-state index in [1.165, 1.54) is 11.1 Å². The predicted molar refractivity (Wildman–Crippen MR) is 90.3 cm³/mol. The summed E-state index contributed by atoms with van der Waals surface area (Å²) in [5.41, 5.74) is 3.80. The van der Waals surface area contributed by atoms with Crippen molar-refractivity contribution in [2.24, 2.45) is 0 Å². The smallest absolute Gasteiger partial charge is 0.148 e. The van der Waals surface area contributed by atoms with Crippen LogP contribution in [0.2, 0.25) is 0 Å². The molecular formula is C19H21N3. The zero-order valence-corrected chi connectivity index (χ0v) is 13.3. The van der Waals surface area contributed by atoms with Crippen LogP contribution in [0, 0.1) is 0 Å². The molecule has 1 atom stereocenters. The number of imidazole rings is 1. The number of pyridine rings is 1. The van der Waals surface area contributed by atoms with Crippen molar-refractivity contribution in [1.82, 2.24) is 9.38 Å². The Bertz CT molecular complexity index is 798. The number of benzene rings is 1. The van der Waals surface area contributed by atoms with Crippen molar-refractivity contribution in [3.8, 4) is 0 Å². The molecule has 0 spiro atoms. The van der Waals surface area contributed by atoms with Crippen molar-refractivity contribution in [3.63, 3.8) is 0 Å². The van der Waals surface area contributed by atoms with Crippen LogP contribution in [-0.2, 0) is 12.0 Å². The van der Waals surface area contributed by atoms with E-state index in [-0.39, 0.29) is 5.54 Å². The average molecular weight is 291 g/mol. The minimum Gasteiger partial charge on any atom is -0.343 e. The van der Waals surface area contributed by atoms with Crippen LogP contribution in [-0.4, -0.2) is 15.4 Å². The van der Waals surface area contributed by atoms with E-state index in [1.807, 2.05) is 12.1 Å². The first-order valence-electron chi connectivity index (χ1n) is 7.89. The zero-order chi connectivity index (χ0) is 15.3. The van der Waals surface area contributed by atoms with Crippen LogP contribution < -0.4 is 4.90 Å². The van der Waals surface area contributed by atoms with Gasteiger partial charge in [0.05, 0.1) is 11.7 Å². The number of rotatable bonds is 1. The van der Waals surface area contributed by atoms with Gasteiger partial charge in [0, 0.05) is 12.2 Å². The van der Waals surface area contributed by atoms with Gasteiger partial charge in [-0.1, -0.05) is 30.3 Å². The predicted octanol–water partition coefficient (Wildman–Crippen LogP) is 4.02. The fourth-order valence-corrected chi connectivity index (χ4v) is 3.93. The lowest BCUT2D eigenvalue weighted by Gasteiger charge is -2.48. The molecule has 112 valence electrons. The first-order valence-corrected chi connectivity index (χ1v) is 7.89. The fraction of sp³-hybridized carbons (Fsp3) is 0.316. The minimum absolute atomic E-state index is 0.0633. The zero-order valence-electron chi connectivity index (χ0n) is 13.3. The minimum atomic E-state index is -0.0633. The first-order chi connectivity index (χ1) is 10.6. The third-order valence-electron chi connectivity index (χ3n) is 4.83. The van der Waals surface area contributed by atoms with Crippen molar-refractivity contribution in [1.29, 1.82) is 0 Å². The Kier molecular flexibility index (Phi) is 2.80. The molecule has 3 heterocycles. The second kappa shape index (κ2) is 4.60. The topological polar surface area (TPSA) is 20.5 Å². The van der Waals surface area contributed by atoms with Gasteiger partial charge in [-0.15, -0.1) is 0 Å². The Balaban J connectivity index is 1.87. The molecule has 0 amide bonds. The largest absolute Gasteiger partial charge is 0.343 e. The fourth-order valence-electron chi connectivity index (χ4n) is 3.93. The summed E-state index contributed by atoms with van der Waals surface area (Å²) in [5, 5.41) is 0. The van der Waals surface area contributed by atoms with Crippen LogP contribution in [0.1, 0.15) is 31.9 Å². The van der Waals surface area contributed by atoms with Crippen molar-refractivity contribution in [3.05, 3.63) is 66.0 Å². The monoisotopic (exact) mass is 291 g/mol. The number of anilines is 1. The molecule has 3 nitrogen and oxygen atoms in total. The molecule has 0 fully saturated rings. The SMILES string of the molecule is CC1Cc2ccccc2C(C)(C)N1c1cn2ccccc2n1. The maximum atomic E-state index is 4.84. The molecule has 0 aliphatic carbocycles. The van der Waals surface area contributed by atoms with Gasteiger partial charge in [-0.25, -0.2) is 4.98 Å². The van der Waals surface area contributed by atoms with Crippen molar-refractivity contribution < 1.29 is 0 Å². The third kappa shape index (κ3) is 1.85. The van der Waals surface area contributed by atoms with Crippen LogP contribution in [0.5, 0.6) is 0 Å². The van der Waals surface area contributed by atoms with E-state index in [0.29, 0.717) is 6.04 Å². The second-order valence-corrected chi connectivity index (χ2v) is 6.70. The summed E-state index contributed by atoms with van der Waals surface area (Å²) in [7, 11) is 0. The molecule has 1 aromatic carbocycles. The van der Waals surface area contributed by atoms with Gasteiger partial charge in [0.25, 0.3) is 0 Å². The average Bonchev–Trinajstić information content (AvgIpc) is 2.89. The van der Waals surface area contributed by atoms with Crippen LogP contribution in [0.25, 0.3) is 5.65 Å². The molecule has 1 unspecified atom stereocenters. The Morgan fingerprint density at radius 2 is 1.86 bits per heavy atom. The lowest BCUT2D eigenvalue weighted by Crippen LogP contribution is -2.52. The van der Waals surface area contributed by atoms with Crippen molar-refractivity contribution in [2.45, 2.75) is 38.8 Å². The molecule has 22 heavy (non-hydrogen) atoms. The van der Waals surface area contributed by atoms with E-state index in [4.69, 9.17) is 4.98 Å². The Morgan fingerprint density at radius 3 is 2.68 bits per heavy atom. The van der Waals surface area contributed by atoms with Crippen LogP contribution in [0.4, 0.5) is 5.82 Å². The van der Waals surface area contributed by atoms with Crippen LogP contribution >= 0.6 is 0 Å². The van der Waals surface area contributed by atoms with E-state index in [2.05, 4.69) is 72.8 Å². The highest BCUT2D eigenvalue weighted by Gasteiger charge is 2.39. The second-order valence-electron chi connectivity index (χ2n) is 6.70. The molecule has 0 saturated carbocycles. The number of hydrogen-bond donors (Lipinski definition) is 0. The van der Waals surface area contributed by atoms with Gasteiger partial charge in [0.2, 0.25) is 0 Å². The molecule has 0 N–H and O–H groups in total. The lowest BCUT2D eigenvalue weighted by atomic mass is 9.80. The molecule has 0 radical (unpaired) electrons.